The van der Waals surface area contributed by atoms with Crippen LogP contribution >= 0.6 is 0 Å². The molecule has 1 aliphatic rings. The van der Waals surface area contributed by atoms with E-state index in [1.807, 2.05) is 6.07 Å². The highest BCUT2D eigenvalue weighted by atomic mass is 16.5. The molecule has 3 heteroatoms. The summed E-state index contributed by atoms with van der Waals surface area (Å²) < 4.78 is 5.18. The van der Waals surface area contributed by atoms with E-state index in [1.165, 1.54) is 0 Å². The molecule has 0 heterocycles. The van der Waals surface area contributed by atoms with E-state index in [1.54, 1.807) is 19.2 Å². The molecule has 0 spiro atoms. The molecule has 0 amide bonds. The van der Waals surface area contributed by atoms with Crippen LogP contribution in [-0.4, -0.2) is 18.8 Å². The first kappa shape index (κ1) is 11.3. The maximum absolute atomic E-state index is 9.89. The highest BCUT2D eigenvalue weighted by molar-refractivity contribution is 5.46. The summed E-state index contributed by atoms with van der Waals surface area (Å²) in [6.45, 7) is 5.04. The van der Waals surface area contributed by atoms with Gasteiger partial charge in [-0.1, -0.05) is 13.8 Å². The van der Waals surface area contributed by atoms with Crippen molar-refractivity contribution in [2.75, 3.05) is 13.7 Å². The van der Waals surface area contributed by atoms with E-state index >= 15 is 0 Å². The Morgan fingerprint density at radius 3 is 2.62 bits per heavy atom. The van der Waals surface area contributed by atoms with E-state index in [2.05, 4.69) is 13.8 Å². The Bertz CT molecular complexity index is 401. The van der Waals surface area contributed by atoms with Crippen LogP contribution in [-0.2, 0) is 0 Å². The average Bonchev–Trinajstić information content (AvgIpc) is 2.81. The Morgan fingerprint density at radius 1 is 1.44 bits per heavy atom. The number of benzene rings is 1. The van der Waals surface area contributed by atoms with Gasteiger partial charge in [0.05, 0.1) is 7.11 Å². The van der Waals surface area contributed by atoms with Gasteiger partial charge in [0, 0.05) is 5.56 Å². The number of phenolic OH excluding ortho intramolecular Hbond substituents is 1. The Balaban J connectivity index is 2.35. The van der Waals surface area contributed by atoms with Crippen LogP contribution in [0.5, 0.6) is 11.5 Å². The number of rotatable bonds is 3. The molecule has 1 aliphatic carbocycles. The molecule has 3 N–H and O–H groups in total. The zero-order valence-electron chi connectivity index (χ0n) is 10.0. The summed E-state index contributed by atoms with van der Waals surface area (Å²) in [7, 11) is 1.63. The molecular formula is C13H19NO2. The Kier molecular flexibility index (Phi) is 2.58. The van der Waals surface area contributed by atoms with Crippen LogP contribution in [0.3, 0.4) is 0 Å². The second-order valence-corrected chi connectivity index (χ2v) is 5.07. The SMILES string of the molecule is COc1ccc(O)c([C@@H]2[C@@H](CN)C2(C)C)c1. The van der Waals surface area contributed by atoms with E-state index in [9.17, 15) is 5.11 Å². The van der Waals surface area contributed by atoms with Crippen molar-refractivity contribution in [3.8, 4) is 11.5 Å². The molecule has 0 aromatic heterocycles. The third-order valence-electron chi connectivity index (χ3n) is 3.87. The minimum absolute atomic E-state index is 0.179. The van der Waals surface area contributed by atoms with Gasteiger partial charge in [-0.05, 0) is 42.0 Å². The van der Waals surface area contributed by atoms with Crippen LogP contribution < -0.4 is 10.5 Å². The second kappa shape index (κ2) is 3.67. The largest absolute Gasteiger partial charge is 0.508 e. The average molecular weight is 221 g/mol. The van der Waals surface area contributed by atoms with Crippen LogP contribution in [0.15, 0.2) is 18.2 Å². The monoisotopic (exact) mass is 221 g/mol. The highest BCUT2D eigenvalue weighted by Gasteiger charge is 2.58. The van der Waals surface area contributed by atoms with E-state index in [0.717, 1.165) is 11.3 Å². The fourth-order valence-electron chi connectivity index (χ4n) is 2.71. The van der Waals surface area contributed by atoms with E-state index < -0.39 is 0 Å². The molecule has 0 radical (unpaired) electrons. The number of ether oxygens (including phenoxy) is 1. The van der Waals surface area contributed by atoms with Crippen molar-refractivity contribution in [3.05, 3.63) is 23.8 Å². The third kappa shape index (κ3) is 1.55. The van der Waals surface area contributed by atoms with Crippen molar-refractivity contribution in [1.29, 1.82) is 0 Å². The molecule has 0 saturated heterocycles. The topological polar surface area (TPSA) is 55.5 Å². The molecule has 88 valence electrons. The first-order valence-corrected chi connectivity index (χ1v) is 5.59. The van der Waals surface area contributed by atoms with E-state index in [4.69, 9.17) is 10.5 Å². The fraction of sp³-hybridized carbons (Fsp3) is 0.538. The molecule has 2 rings (SSSR count). The first-order chi connectivity index (χ1) is 7.52. The number of methoxy groups -OCH3 is 1. The van der Waals surface area contributed by atoms with E-state index in [0.29, 0.717) is 24.1 Å². The third-order valence-corrected chi connectivity index (χ3v) is 3.87. The van der Waals surface area contributed by atoms with Gasteiger partial charge in [-0.25, -0.2) is 0 Å². The minimum atomic E-state index is 0.179. The van der Waals surface area contributed by atoms with Crippen molar-refractivity contribution in [2.45, 2.75) is 19.8 Å². The lowest BCUT2D eigenvalue weighted by molar-refractivity contribution is 0.410. The molecule has 16 heavy (non-hydrogen) atoms. The van der Waals surface area contributed by atoms with Crippen molar-refractivity contribution in [2.24, 2.45) is 17.1 Å². The van der Waals surface area contributed by atoms with Gasteiger partial charge >= 0.3 is 0 Å². The zero-order valence-corrected chi connectivity index (χ0v) is 10.0. The number of nitrogens with two attached hydrogens (primary N) is 1. The summed E-state index contributed by atoms with van der Waals surface area (Å²) >= 11 is 0. The first-order valence-electron chi connectivity index (χ1n) is 5.59. The van der Waals surface area contributed by atoms with Gasteiger partial charge < -0.3 is 15.6 Å². The van der Waals surface area contributed by atoms with Gasteiger partial charge in [-0.3, -0.25) is 0 Å². The normalized spacial score (nSPS) is 26.5. The van der Waals surface area contributed by atoms with Gasteiger partial charge in [0.25, 0.3) is 0 Å². The maximum Gasteiger partial charge on any atom is 0.119 e. The second-order valence-electron chi connectivity index (χ2n) is 5.07. The van der Waals surface area contributed by atoms with Gasteiger partial charge in [-0.15, -0.1) is 0 Å². The molecule has 0 aliphatic heterocycles. The van der Waals surface area contributed by atoms with Crippen molar-refractivity contribution in [3.63, 3.8) is 0 Å². The Labute approximate surface area is 96.2 Å². The number of phenols is 1. The number of hydrogen-bond acceptors (Lipinski definition) is 3. The predicted molar refractivity (Wildman–Crippen MR) is 63.7 cm³/mol. The molecule has 0 unspecified atom stereocenters. The molecule has 1 aromatic carbocycles. The summed E-state index contributed by atoms with van der Waals surface area (Å²) in [5.41, 5.74) is 6.88. The Morgan fingerprint density at radius 2 is 2.12 bits per heavy atom. The lowest BCUT2D eigenvalue weighted by Gasteiger charge is -2.08. The lowest BCUT2D eigenvalue weighted by atomic mass is 10.0. The zero-order chi connectivity index (χ0) is 11.9. The highest BCUT2D eigenvalue weighted by Crippen LogP contribution is 2.65. The molecule has 3 nitrogen and oxygen atoms in total. The minimum Gasteiger partial charge on any atom is -0.508 e. The number of aromatic hydroxyl groups is 1. The van der Waals surface area contributed by atoms with Crippen LogP contribution in [0, 0.1) is 11.3 Å². The molecule has 1 fully saturated rings. The predicted octanol–water partition coefficient (Wildman–Crippen LogP) is 2.10. The summed E-state index contributed by atoms with van der Waals surface area (Å²) in [5.74, 6) is 1.92. The quantitative estimate of drug-likeness (QED) is 0.821. The standard InChI is InChI=1S/C13H19NO2/c1-13(2)10(7-14)12(13)9-6-8(16-3)4-5-11(9)15/h4-6,10,12,15H,7,14H2,1-3H3/t10-,12-/m1/s1. The van der Waals surface area contributed by atoms with Crippen molar-refractivity contribution in [1.82, 2.24) is 0 Å². The van der Waals surface area contributed by atoms with Gasteiger partial charge in [0.2, 0.25) is 0 Å². The van der Waals surface area contributed by atoms with Gasteiger partial charge in [0.1, 0.15) is 11.5 Å². The smallest absolute Gasteiger partial charge is 0.119 e. The summed E-state index contributed by atoms with van der Waals surface area (Å²) in [6, 6.07) is 5.37. The fourth-order valence-corrected chi connectivity index (χ4v) is 2.71. The van der Waals surface area contributed by atoms with Crippen molar-refractivity contribution < 1.29 is 9.84 Å². The van der Waals surface area contributed by atoms with Gasteiger partial charge in [0.15, 0.2) is 0 Å². The summed E-state index contributed by atoms with van der Waals surface area (Å²) in [5, 5.41) is 9.89. The Hall–Kier alpha value is -1.22. The molecule has 1 aromatic rings. The maximum atomic E-state index is 9.89. The van der Waals surface area contributed by atoms with Crippen LogP contribution in [0.1, 0.15) is 25.3 Å². The molecule has 0 bridgehead atoms. The summed E-state index contributed by atoms with van der Waals surface area (Å²) in [4.78, 5) is 0. The molecule has 2 atom stereocenters. The van der Waals surface area contributed by atoms with Crippen LogP contribution in [0.2, 0.25) is 0 Å². The lowest BCUT2D eigenvalue weighted by Crippen LogP contribution is -2.05. The molecule has 1 saturated carbocycles. The van der Waals surface area contributed by atoms with Crippen LogP contribution in [0.4, 0.5) is 0 Å². The van der Waals surface area contributed by atoms with Crippen LogP contribution in [0.25, 0.3) is 0 Å². The number of hydrogen-bond donors (Lipinski definition) is 2. The van der Waals surface area contributed by atoms with Gasteiger partial charge in [-0.2, -0.15) is 0 Å². The van der Waals surface area contributed by atoms with E-state index in [-0.39, 0.29) is 5.41 Å². The molecular weight excluding hydrogens is 202 g/mol. The summed E-state index contributed by atoms with van der Waals surface area (Å²) in [6.07, 6.45) is 0. The van der Waals surface area contributed by atoms with Crippen molar-refractivity contribution >= 4 is 0 Å².